The summed E-state index contributed by atoms with van der Waals surface area (Å²) in [7, 11) is 0.965. The van der Waals surface area contributed by atoms with E-state index in [4.69, 9.17) is 11.6 Å². The van der Waals surface area contributed by atoms with E-state index in [1.165, 1.54) is 0 Å². The summed E-state index contributed by atoms with van der Waals surface area (Å²) in [6.07, 6.45) is -9.99. The van der Waals surface area contributed by atoms with Crippen molar-refractivity contribution >= 4 is 28.4 Å². The molecule has 0 heterocycles. The van der Waals surface area contributed by atoms with E-state index < -0.39 is 40.3 Å². The van der Waals surface area contributed by atoms with Gasteiger partial charge in [0.1, 0.15) is 0 Å². The van der Waals surface area contributed by atoms with Crippen molar-refractivity contribution in [3.8, 4) is 0 Å². The number of alkyl halides is 6. The van der Waals surface area contributed by atoms with E-state index in [0.717, 1.165) is 7.11 Å². The molecule has 0 saturated heterocycles. The Morgan fingerprint density at radius 2 is 1.55 bits per heavy atom. The van der Waals surface area contributed by atoms with Crippen LogP contribution < -0.4 is 5.43 Å². The van der Waals surface area contributed by atoms with E-state index in [-0.39, 0.29) is 6.07 Å². The van der Waals surface area contributed by atoms with Crippen molar-refractivity contribution in [3.63, 3.8) is 0 Å². The van der Waals surface area contributed by atoms with Crippen molar-refractivity contribution in [2.75, 3.05) is 12.5 Å². The number of nitrogens with zero attached hydrogens (tertiary/aromatic N) is 1. The number of rotatable bonds is 3. The first kappa shape index (κ1) is 18.1. The van der Waals surface area contributed by atoms with Crippen LogP contribution in [0.1, 0.15) is 11.1 Å². The molecule has 0 aromatic heterocycles. The quantitative estimate of drug-likeness (QED) is 0.390. The summed E-state index contributed by atoms with van der Waals surface area (Å²) in [6, 6.07) is 0.733. The Balaban J connectivity index is 3.22. The van der Waals surface area contributed by atoms with Gasteiger partial charge in [-0.1, -0.05) is 11.6 Å². The molecule has 1 aromatic rings. The fourth-order valence-corrected chi connectivity index (χ4v) is 1.38. The molecule has 0 radical (unpaired) electrons. The molecule has 122 valence electrons. The number of esters is 1. The number of benzene rings is 1. The van der Waals surface area contributed by atoms with E-state index in [1.807, 2.05) is 5.43 Å². The number of nitrogens with one attached hydrogen (secondary N) is 1. The van der Waals surface area contributed by atoms with Crippen molar-refractivity contribution in [3.05, 3.63) is 29.3 Å². The molecule has 22 heavy (non-hydrogen) atoms. The Morgan fingerprint density at radius 3 is 1.91 bits per heavy atom. The predicted octanol–water partition coefficient (Wildman–Crippen LogP) is 3.86. The second-order valence-corrected chi connectivity index (χ2v) is 4.16. The molecule has 0 atom stereocenters. The van der Waals surface area contributed by atoms with Gasteiger partial charge in [-0.25, -0.2) is 4.79 Å². The number of anilines is 1. The van der Waals surface area contributed by atoms with Gasteiger partial charge in [-0.05, 0) is 18.2 Å². The number of hydrazone groups is 1. The third kappa shape index (κ3) is 4.79. The molecule has 0 amide bonds. The standard InChI is InChI=1S/C11H7ClF6N2O2/c1-22-9(21)8(12)20-19-7-3-5(10(13,14)15)2-6(4-7)11(16,17)18/h2-4,19H,1H3/b20-8-. The van der Waals surface area contributed by atoms with Gasteiger partial charge < -0.3 is 4.74 Å². The number of hydrogen-bond acceptors (Lipinski definition) is 4. The summed E-state index contributed by atoms with van der Waals surface area (Å²) < 4.78 is 79.7. The molecule has 0 saturated carbocycles. The van der Waals surface area contributed by atoms with Crippen molar-refractivity contribution in [1.82, 2.24) is 0 Å². The lowest BCUT2D eigenvalue weighted by Gasteiger charge is -2.13. The van der Waals surface area contributed by atoms with Crippen LogP contribution in [-0.2, 0) is 21.9 Å². The Morgan fingerprint density at radius 1 is 1.09 bits per heavy atom. The van der Waals surface area contributed by atoms with Gasteiger partial charge in [0.2, 0.25) is 5.17 Å². The average molecular weight is 349 g/mol. The highest BCUT2D eigenvalue weighted by Crippen LogP contribution is 2.37. The molecule has 0 spiro atoms. The number of carbonyl (C=O) groups is 1. The van der Waals surface area contributed by atoms with Crippen molar-refractivity contribution < 1.29 is 35.9 Å². The van der Waals surface area contributed by atoms with E-state index in [1.54, 1.807) is 0 Å². The number of methoxy groups -OCH3 is 1. The van der Waals surface area contributed by atoms with Crippen LogP contribution in [0.5, 0.6) is 0 Å². The van der Waals surface area contributed by atoms with E-state index in [9.17, 15) is 31.1 Å². The third-order valence-corrected chi connectivity index (χ3v) is 2.46. The van der Waals surface area contributed by atoms with Gasteiger partial charge in [-0.2, -0.15) is 31.4 Å². The minimum absolute atomic E-state index is 0.0448. The Labute approximate surface area is 124 Å². The molecular formula is C11H7ClF6N2O2. The van der Waals surface area contributed by atoms with E-state index in [0.29, 0.717) is 12.1 Å². The number of carbonyl (C=O) groups excluding carboxylic acids is 1. The van der Waals surface area contributed by atoms with Crippen LogP contribution >= 0.6 is 11.6 Å². The molecule has 0 aliphatic rings. The van der Waals surface area contributed by atoms with E-state index in [2.05, 4.69) is 9.84 Å². The lowest BCUT2D eigenvalue weighted by Crippen LogP contribution is -2.13. The molecular weight excluding hydrogens is 342 g/mol. The molecule has 11 heteroatoms. The normalized spacial score (nSPS) is 13.0. The van der Waals surface area contributed by atoms with Crippen LogP contribution in [0.25, 0.3) is 0 Å². The summed E-state index contributed by atoms with van der Waals surface area (Å²) in [5.41, 5.74) is -1.88. The maximum absolute atomic E-state index is 12.6. The highest BCUT2D eigenvalue weighted by Gasteiger charge is 2.36. The SMILES string of the molecule is COC(=O)/C(Cl)=N/Nc1cc(C(F)(F)F)cc(C(F)(F)F)c1. The summed E-state index contributed by atoms with van der Waals surface area (Å²) in [5.74, 6) is -1.11. The zero-order chi connectivity index (χ0) is 17.1. The molecule has 0 unspecified atom stereocenters. The van der Waals surface area contributed by atoms with Gasteiger partial charge in [0, 0.05) is 0 Å². The Hall–Kier alpha value is -1.97. The minimum Gasteiger partial charge on any atom is -0.464 e. The monoisotopic (exact) mass is 348 g/mol. The fraction of sp³-hybridized carbons (Fsp3) is 0.273. The fourth-order valence-electron chi connectivity index (χ4n) is 1.26. The average Bonchev–Trinajstić information content (AvgIpc) is 2.41. The first-order chi connectivity index (χ1) is 9.95. The molecule has 1 rings (SSSR count). The van der Waals surface area contributed by atoms with Gasteiger partial charge in [-0.15, -0.1) is 0 Å². The van der Waals surface area contributed by atoms with Gasteiger partial charge in [0.05, 0.1) is 23.9 Å². The number of hydrogen-bond donors (Lipinski definition) is 1. The largest absolute Gasteiger partial charge is 0.464 e. The molecule has 0 bridgehead atoms. The minimum atomic E-state index is -4.99. The summed E-state index contributed by atoms with van der Waals surface area (Å²) in [5, 5.41) is 2.34. The van der Waals surface area contributed by atoms with Crippen molar-refractivity contribution in [1.29, 1.82) is 0 Å². The molecule has 1 N–H and O–H groups in total. The van der Waals surface area contributed by atoms with Gasteiger partial charge in [-0.3, -0.25) is 5.43 Å². The van der Waals surface area contributed by atoms with Crippen molar-refractivity contribution in [2.24, 2.45) is 5.10 Å². The summed E-state index contributed by atoms with van der Waals surface area (Å²) in [6.45, 7) is 0. The van der Waals surface area contributed by atoms with Crippen LogP contribution in [0.3, 0.4) is 0 Å². The molecule has 1 aromatic carbocycles. The Kier molecular flexibility index (Phi) is 5.28. The molecule has 0 fully saturated rings. The molecule has 0 aliphatic heterocycles. The third-order valence-electron chi connectivity index (χ3n) is 2.22. The molecule has 4 nitrogen and oxygen atoms in total. The van der Waals surface area contributed by atoms with Crippen LogP contribution in [0.15, 0.2) is 23.3 Å². The molecule has 0 aliphatic carbocycles. The topological polar surface area (TPSA) is 50.7 Å². The predicted molar refractivity (Wildman–Crippen MR) is 65.4 cm³/mol. The smallest absolute Gasteiger partial charge is 0.416 e. The van der Waals surface area contributed by atoms with Crippen LogP contribution in [0.4, 0.5) is 32.0 Å². The van der Waals surface area contributed by atoms with Crippen LogP contribution in [0.2, 0.25) is 0 Å². The second-order valence-electron chi connectivity index (χ2n) is 3.80. The van der Waals surface area contributed by atoms with Gasteiger partial charge in [0.25, 0.3) is 0 Å². The maximum atomic E-state index is 12.6. The van der Waals surface area contributed by atoms with Gasteiger partial charge >= 0.3 is 18.3 Å². The maximum Gasteiger partial charge on any atom is 0.416 e. The van der Waals surface area contributed by atoms with Crippen LogP contribution in [0, 0.1) is 0 Å². The highest BCUT2D eigenvalue weighted by molar-refractivity contribution is 6.82. The number of halogens is 7. The highest BCUT2D eigenvalue weighted by atomic mass is 35.5. The Bertz CT molecular complexity index is 565. The summed E-state index contributed by atoms with van der Waals surface area (Å²) >= 11 is 5.31. The van der Waals surface area contributed by atoms with E-state index >= 15 is 0 Å². The number of ether oxygens (including phenoxy) is 1. The zero-order valence-electron chi connectivity index (χ0n) is 10.6. The lowest BCUT2D eigenvalue weighted by molar-refractivity contribution is -0.143. The second kappa shape index (κ2) is 6.42. The zero-order valence-corrected chi connectivity index (χ0v) is 11.4. The van der Waals surface area contributed by atoms with Crippen molar-refractivity contribution in [2.45, 2.75) is 12.4 Å². The summed E-state index contributed by atoms with van der Waals surface area (Å²) in [4.78, 5) is 10.9. The first-order valence-corrected chi connectivity index (χ1v) is 5.70. The van der Waals surface area contributed by atoms with Crippen LogP contribution in [-0.4, -0.2) is 18.2 Å². The first-order valence-electron chi connectivity index (χ1n) is 5.32. The lowest BCUT2D eigenvalue weighted by atomic mass is 10.1. The van der Waals surface area contributed by atoms with Gasteiger partial charge in [0.15, 0.2) is 0 Å².